The lowest BCUT2D eigenvalue weighted by molar-refractivity contribution is -0.144. The Morgan fingerprint density at radius 3 is 2.56 bits per heavy atom. The first-order chi connectivity index (χ1) is 13.0. The summed E-state index contributed by atoms with van der Waals surface area (Å²) in [7, 11) is 0. The van der Waals surface area contributed by atoms with Crippen molar-refractivity contribution in [2.24, 2.45) is 0 Å². The molecule has 0 spiro atoms. The molecule has 0 radical (unpaired) electrons. The maximum atomic E-state index is 12.4. The van der Waals surface area contributed by atoms with Crippen LogP contribution in [0.1, 0.15) is 22.3 Å². The van der Waals surface area contributed by atoms with Crippen LogP contribution >= 0.6 is 11.6 Å². The number of fused-ring (bicyclic) bond motifs is 1. The molecule has 0 bridgehead atoms. The number of amides is 2. The number of nitrogens with zero attached hydrogens (tertiary/aromatic N) is 1. The lowest BCUT2D eigenvalue weighted by Gasteiger charge is -2.26. The van der Waals surface area contributed by atoms with Gasteiger partial charge in [-0.05, 0) is 35.9 Å². The summed E-state index contributed by atoms with van der Waals surface area (Å²) in [6.07, 6.45) is 0.104. The fraction of sp³-hybridized carbons (Fsp3) is 0.250. The van der Waals surface area contributed by atoms with E-state index in [2.05, 4.69) is 0 Å². The van der Waals surface area contributed by atoms with Gasteiger partial charge in [0.1, 0.15) is 19.0 Å². The standard InChI is InChI=1S/C20H18ClNO5/c21-15-5-7-16(8-6-15)26-11-12-27-19(24)9-10-22-18(23)13-14-3-1-2-4-17(14)20(22)25/h1-8H,9-13H2. The van der Waals surface area contributed by atoms with Gasteiger partial charge in [0.2, 0.25) is 5.91 Å². The molecule has 0 saturated heterocycles. The van der Waals surface area contributed by atoms with Gasteiger partial charge in [0, 0.05) is 17.1 Å². The summed E-state index contributed by atoms with van der Waals surface area (Å²) in [5, 5.41) is 0.609. The molecule has 0 aliphatic carbocycles. The second kappa shape index (κ2) is 8.68. The molecule has 1 aliphatic rings. The van der Waals surface area contributed by atoms with Crippen LogP contribution in [-0.2, 0) is 20.7 Å². The van der Waals surface area contributed by atoms with Crippen LogP contribution in [0.2, 0.25) is 5.02 Å². The van der Waals surface area contributed by atoms with Crippen molar-refractivity contribution in [3.8, 4) is 5.75 Å². The Bertz CT molecular complexity index is 850. The molecular weight excluding hydrogens is 370 g/mol. The van der Waals surface area contributed by atoms with E-state index in [4.69, 9.17) is 21.1 Å². The Morgan fingerprint density at radius 2 is 1.78 bits per heavy atom. The summed E-state index contributed by atoms with van der Waals surface area (Å²) in [6.45, 7) is 0.275. The zero-order chi connectivity index (χ0) is 19.2. The largest absolute Gasteiger partial charge is 0.490 e. The third kappa shape index (κ3) is 4.86. The number of benzene rings is 2. The Balaban J connectivity index is 1.42. The van der Waals surface area contributed by atoms with Crippen molar-refractivity contribution in [3.05, 3.63) is 64.7 Å². The molecule has 27 heavy (non-hydrogen) atoms. The van der Waals surface area contributed by atoms with Crippen LogP contribution in [0, 0.1) is 0 Å². The van der Waals surface area contributed by atoms with E-state index in [-0.39, 0.29) is 44.4 Å². The van der Waals surface area contributed by atoms with E-state index in [0.29, 0.717) is 21.9 Å². The molecule has 0 fully saturated rings. The van der Waals surface area contributed by atoms with E-state index >= 15 is 0 Å². The minimum atomic E-state index is -0.492. The maximum absolute atomic E-state index is 12.4. The number of halogens is 1. The number of rotatable bonds is 7. The van der Waals surface area contributed by atoms with Crippen LogP contribution in [0.15, 0.2) is 48.5 Å². The molecule has 1 aliphatic heterocycles. The fourth-order valence-electron chi connectivity index (χ4n) is 2.75. The number of carbonyl (C=O) groups is 3. The monoisotopic (exact) mass is 387 g/mol. The van der Waals surface area contributed by atoms with Gasteiger partial charge >= 0.3 is 5.97 Å². The van der Waals surface area contributed by atoms with Crippen molar-refractivity contribution >= 4 is 29.4 Å². The van der Waals surface area contributed by atoms with Crippen LogP contribution in [0.5, 0.6) is 5.75 Å². The maximum Gasteiger partial charge on any atom is 0.307 e. The molecular formula is C20H18ClNO5. The Labute approximate surface area is 161 Å². The molecule has 3 rings (SSSR count). The molecule has 2 amide bonds. The minimum Gasteiger partial charge on any atom is -0.490 e. The molecule has 0 aromatic heterocycles. The molecule has 0 saturated carbocycles. The molecule has 1 heterocycles. The SMILES string of the molecule is O=C(CCN1C(=O)Cc2ccccc2C1=O)OCCOc1ccc(Cl)cc1. The normalized spacial score (nSPS) is 13.3. The number of esters is 1. The Hall–Kier alpha value is -2.86. The predicted molar refractivity (Wildman–Crippen MR) is 98.7 cm³/mol. The number of ether oxygens (including phenoxy) is 2. The predicted octanol–water partition coefficient (Wildman–Crippen LogP) is 2.88. The summed E-state index contributed by atoms with van der Waals surface area (Å²) in [5.74, 6) is -0.550. The van der Waals surface area contributed by atoms with Crippen LogP contribution < -0.4 is 4.74 Å². The average Bonchev–Trinajstić information content (AvgIpc) is 2.66. The van der Waals surface area contributed by atoms with Gasteiger partial charge in [0.05, 0.1) is 12.8 Å². The number of carbonyl (C=O) groups excluding carboxylic acids is 3. The summed E-state index contributed by atoms with van der Waals surface area (Å²) in [4.78, 5) is 37.5. The van der Waals surface area contributed by atoms with Gasteiger partial charge < -0.3 is 9.47 Å². The second-order valence-corrected chi connectivity index (χ2v) is 6.39. The minimum absolute atomic E-state index is 0.00285. The number of hydrogen-bond donors (Lipinski definition) is 0. The topological polar surface area (TPSA) is 72.9 Å². The van der Waals surface area contributed by atoms with Gasteiger partial charge in [-0.1, -0.05) is 29.8 Å². The highest BCUT2D eigenvalue weighted by Gasteiger charge is 2.30. The third-order valence-corrected chi connectivity index (χ3v) is 4.36. The van der Waals surface area contributed by atoms with E-state index in [9.17, 15) is 14.4 Å². The van der Waals surface area contributed by atoms with E-state index < -0.39 is 5.97 Å². The second-order valence-electron chi connectivity index (χ2n) is 5.96. The van der Waals surface area contributed by atoms with Crippen LogP contribution in [-0.4, -0.2) is 42.4 Å². The summed E-state index contributed by atoms with van der Waals surface area (Å²) < 4.78 is 10.5. The van der Waals surface area contributed by atoms with Gasteiger partial charge in [0.25, 0.3) is 5.91 Å². The van der Waals surface area contributed by atoms with Crippen molar-refractivity contribution in [2.45, 2.75) is 12.8 Å². The van der Waals surface area contributed by atoms with Crippen molar-refractivity contribution in [3.63, 3.8) is 0 Å². The molecule has 6 nitrogen and oxygen atoms in total. The fourth-order valence-corrected chi connectivity index (χ4v) is 2.87. The average molecular weight is 388 g/mol. The molecule has 140 valence electrons. The number of hydrogen-bond acceptors (Lipinski definition) is 5. The first-order valence-corrected chi connectivity index (χ1v) is 8.89. The van der Waals surface area contributed by atoms with E-state index in [1.54, 1.807) is 48.5 Å². The van der Waals surface area contributed by atoms with Crippen molar-refractivity contribution in [1.29, 1.82) is 0 Å². The van der Waals surface area contributed by atoms with E-state index in [1.807, 2.05) is 0 Å². The number of imide groups is 1. The lowest BCUT2D eigenvalue weighted by Crippen LogP contribution is -2.43. The van der Waals surface area contributed by atoms with Gasteiger partial charge in [-0.2, -0.15) is 0 Å². The molecule has 0 N–H and O–H groups in total. The quantitative estimate of drug-likeness (QED) is 0.415. The third-order valence-electron chi connectivity index (χ3n) is 4.10. The van der Waals surface area contributed by atoms with Crippen molar-refractivity contribution < 1.29 is 23.9 Å². The smallest absolute Gasteiger partial charge is 0.307 e. The summed E-state index contributed by atoms with van der Waals surface area (Å²) in [5.41, 5.74) is 1.22. The molecule has 0 unspecified atom stereocenters. The Kier molecular flexibility index (Phi) is 6.08. The first kappa shape index (κ1) is 18.9. The zero-order valence-electron chi connectivity index (χ0n) is 14.5. The highest BCUT2D eigenvalue weighted by Crippen LogP contribution is 2.20. The zero-order valence-corrected chi connectivity index (χ0v) is 15.3. The van der Waals surface area contributed by atoms with Gasteiger partial charge in [-0.3, -0.25) is 19.3 Å². The highest BCUT2D eigenvalue weighted by molar-refractivity contribution is 6.30. The molecule has 7 heteroatoms. The van der Waals surface area contributed by atoms with Gasteiger partial charge in [0.15, 0.2) is 0 Å². The summed E-state index contributed by atoms with van der Waals surface area (Å²) >= 11 is 5.79. The van der Waals surface area contributed by atoms with Crippen molar-refractivity contribution in [1.82, 2.24) is 4.90 Å². The van der Waals surface area contributed by atoms with Gasteiger partial charge in [-0.25, -0.2) is 0 Å². The summed E-state index contributed by atoms with van der Waals surface area (Å²) in [6, 6.07) is 13.8. The lowest BCUT2D eigenvalue weighted by atomic mass is 9.98. The van der Waals surface area contributed by atoms with Crippen molar-refractivity contribution in [2.75, 3.05) is 19.8 Å². The van der Waals surface area contributed by atoms with E-state index in [0.717, 1.165) is 4.90 Å². The first-order valence-electron chi connectivity index (χ1n) is 8.51. The van der Waals surface area contributed by atoms with Crippen LogP contribution in [0.25, 0.3) is 0 Å². The van der Waals surface area contributed by atoms with E-state index in [1.165, 1.54) is 0 Å². The van der Waals surface area contributed by atoms with Crippen LogP contribution in [0.4, 0.5) is 0 Å². The molecule has 2 aromatic rings. The van der Waals surface area contributed by atoms with Crippen LogP contribution in [0.3, 0.4) is 0 Å². The highest BCUT2D eigenvalue weighted by atomic mass is 35.5. The molecule has 0 atom stereocenters. The Morgan fingerprint density at radius 1 is 1.04 bits per heavy atom. The van der Waals surface area contributed by atoms with Gasteiger partial charge in [-0.15, -0.1) is 0 Å². The molecule has 2 aromatic carbocycles.